The van der Waals surface area contributed by atoms with Crippen LogP contribution in [-0.4, -0.2) is 50.1 Å². The highest BCUT2D eigenvalue weighted by Gasteiger charge is 2.47. The number of nitrogens with one attached hydrogen (secondary N) is 2. The number of nitriles is 1. The first-order chi connectivity index (χ1) is 19.7. The molecule has 1 aromatic heterocycles. The van der Waals surface area contributed by atoms with Crippen molar-refractivity contribution in [3.05, 3.63) is 60.0 Å². The molecule has 4 N–H and O–H groups in total. The van der Waals surface area contributed by atoms with Gasteiger partial charge in [0.15, 0.2) is 5.13 Å². The Morgan fingerprint density at radius 2 is 1.76 bits per heavy atom. The maximum atomic E-state index is 13.5. The lowest BCUT2D eigenvalue weighted by Crippen LogP contribution is -2.42. The quantitative estimate of drug-likeness (QED) is 0.240. The number of amides is 1. The van der Waals surface area contributed by atoms with E-state index in [-0.39, 0.29) is 23.6 Å². The number of hydrogen-bond acceptors (Lipinski definition) is 8. The molecule has 3 aromatic rings. The highest BCUT2D eigenvalue weighted by atomic mass is 32.3. The fraction of sp³-hybridized carbons (Fsp3) is 0.433. The molecule has 3 aliphatic rings. The summed E-state index contributed by atoms with van der Waals surface area (Å²) in [5.74, 6) is 0.0417. The first-order valence-electron chi connectivity index (χ1n) is 14.1. The molecule has 2 atom stereocenters. The molecule has 0 spiro atoms. The number of aromatic nitrogens is 1. The molecular weight excluding hydrogens is 561 g/mol. The molecule has 1 saturated heterocycles. The van der Waals surface area contributed by atoms with E-state index in [2.05, 4.69) is 45.9 Å². The Labute approximate surface area is 245 Å². The summed E-state index contributed by atoms with van der Waals surface area (Å²) in [6.45, 7) is 1.20. The van der Waals surface area contributed by atoms with Gasteiger partial charge in [0.2, 0.25) is 5.91 Å². The minimum Gasteiger partial charge on any atom is -0.368 e. The average Bonchev–Trinajstić information content (AvgIpc) is 3.63. The predicted octanol–water partition coefficient (Wildman–Crippen LogP) is 6.71. The Balaban J connectivity index is 1.31. The number of carbonyl (C=O) groups is 1. The van der Waals surface area contributed by atoms with E-state index in [4.69, 9.17) is 4.98 Å². The lowest BCUT2D eigenvalue weighted by Gasteiger charge is -2.41. The van der Waals surface area contributed by atoms with Gasteiger partial charge in [0.1, 0.15) is 11.4 Å². The van der Waals surface area contributed by atoms with Crippen LogP contribution in [0.5, 0.6) is 0 Å². The number of nitrogens with zero attached hydrogens (tertiary/aromatic N) is 3. The summed E-state index contributed by atoms with van der Waals surface area (Å²) in [5.41, 5.74) is 2.92. The fourth-order valence-electron chi connectivity index (χ4n) is 5.80. The van der Waals surface area contributed by atoms with Crippen molar-refractivity contribution >= 4 is 44.3 Å². The van der Waals surface area contributed by atoms with Gasteiger partial charge in [0.05, 0.1) is 28.1 Å². The Morgan fingerprint density at radius 3 is 2.41 bits per heavy atom. The van der Waals surface area contributed by atoms with Gasteiger partial charge >= 0.3 is 0 Å². The number of halogens is 1. The third-order valence-corrected chi connectivity index (χ3v) is 11.1. The number of anilines is 3. The Kier molecular flexibility index (Phi) is 7.68. The van der Waals surface area contributed by atoms with Crippen LogP contribution >= 0.6 is 21.9 Å². The third kappa shape index (κ3) is 6.21. The van der Waals surface area contributed by atoms with Crippen molar-refractivity contribution in [2.24, 2.45) is 5.92 Å². The molecule has 216 valence electrons. The Hall–Kier alpha value is -3.17. The molecular formula is C30H34FN5O3S2. The second kappa shape index (κ2) is 11.2. The third-order valence-electron chi connectivity index (χ3n) is 8.40. The molecule has 3 fully saturated rings. The molecule has 11 heteroatoms. The van der Waals surface area contributed by atoms with Crippen LogP contribution in [0, 0.1) is 23.1 Å². The average molecular weight is 596 g/mol. The molecule has 8 nitrogen and oxygen atoms in total. The van der Waals surface area contributed by atoms with Gasteiger partial charge in [-0.3, -0.25) is 13.9 Å². The molecule has 41 heavy (non-hydrogen) atoms. The zero-order chi connectivity index (χ0) is 28.6. The zero-order valence-corrected chi connectivity index (χ0v) is 24.3. The van der Waals surface area contributed by atoms with Crippen LogP contribution in [0.3, 0.4) is 0 Å². The van der Waals surface area contributed by atoms with Gasteiger partial charge in [-0.15, -0.1) is 0 Å². The lowest BCUT2D eigenvalue weighted by molar-refractivity contribution is -0.127. The van der Waals surface area contributed by atoms with Crippen molar-refractivity contribution in [2.45, 2.75) is 50.0 Å². The van der Waals surface area contributed by atoms with Gasteiger partial charge in [-0.2, -0.15) is 15.9 Å². The normalized spacial score (nSPS) is 23.7. The lowest BCUT2D eigenvalue weighted by atomic mass is 9.76. The summed E-state index contributed by atoms with van der Waals surface area (Å²) < 4.78 is 33.5. The Bertz CT molecular complexity index is 1440. The molecule has 1 aliphatic heterocycles. The molecule has 0 bridgehead atoms. The van der Waals surface area contributed by atoms with Gasteiger partial charge in [-0.25, -0.2) is 9.37 Å². The molecule has 1 amide bonds. The smallest absolute Gasteiger partial charge is 0.225 e. The van der Waals surface area contributed by atoms with Crippen molar-refractivity contribution < 1.29 is 18.3 Å². The largest absolute Gasteiger partial charge is 0.368 e. The van der Waals surface area contributed by atoms with Crippen molar-refractivity contribution in [1.82, 2.24) is 10.3 Å². The van der Waals surface area contributed by atoms with Crippen LogP contribution in [0.4, 0.5) is 20.9 Å². The van der Waals surface area contributed by atoms with E-state index in [0.717, 1.165) is 53.2 Å². The monoisotopic (exact) mass is 595 g/mol. The van der Waals surface area contributed by atoms with E-state index in [1.54, 1.807) is 12.1 Å². The van der Waals surface area contributed by atoms with E-state index in [1.807, 2.05) is 0 Å². The first kappa shape index (κ1) is 28.0. The van der Waals surface area contributed by atoms with Crippen molar-refractivity contribution in [2.75, 3.05) is 34.8 Å². The SMILES string of the molecule is N#CC1(NC(=O)[C@@H]2CCCC[C@H]2c2nc(Nc3ccc(F)cc3)sc2-c2ccc(N3CCS(O)(O)CC3)cc2)CC1. The number of hydrogen-bond donors (Lipinski definition) is 4. The molecule has 0 radical (unpaired) electrons. The molecule has 0 unspecified atom stereocenters. The van der Waals surface area contributed by atoms with Crippen molar-refractivity contribution in [3.8, 4) is 16.5 Å². The van der Waals surface area contributed by atoms with E-state index in [9.17, 15) is 23.6 Å². The topological polar surface area (TPSA) is 122 Å². The van der Waals surface area contributed by atoms with Gasteiger partial charge < -0.3 is 15.5 Å². The summed E-state index contributed by atoms with van der Waals surface area (Å²) in [5, 5.41) is 16.6. The second-order valence-corrected chi connectivity index (χ2v) is 14.7. The first-order valence-corrected chi connectivity index (χ1v) is 16.8. The number of benzene rings is 2. The predicted molar refractivity (Wildman–Crippen MR) is 162 cm³/mol. The van der Waals surface area contributed by atoms with Crippen LogP contribution in [0.25, 0.3) is 10.4 Å². The van der Waals surface area contributed by atoms with Gasteiger partial charge in [0, 0.05) is 36.3 Å². The zero-order valence-electron chi connectivity index (χ0n) is 22.7. The maximum absolute atomic E-state index is 13.5. The van der Waals surface area contributed by atoms with E-state index in [1.165, 1.54) is 23.5 Å². The molecule has 2 saturated carbocycles. The fourth-order valence-corrected chi connectivity index (χ4v) is 8.09. The van der Waals surface area contributed by atoms with Crippen molar-refractivity contribution in [1.29, 1.82) is 5.26 Å². The highest BCUT2D eigenvalue weighted by Crippen LogP contribution is 2.47. The standard InChI is InChI=1S/C30H34FN5O3S2/c31-21-7-9-22(10-8-21)33-29-34-26(24-3-1-2-4-25(24)28(37)35-30(19-32)13-14-30)27(40-29)20-5-11-23(12-6-20)36-15-17-41(38,39)18-16-36/h5-12,24-25,38-39H,1-4,13-18H2,(H,33,34)(H,35,37)/t24-,25-/m1/s1. The second-order valence-electron chi connectivity index (χ2n) is 11.3. The molecule has 2 aromatic carbocycles. The maximum Gasteiger partial charge on any atom is 0.225 e. The van der Waals surface area contributed by atoms with Gasteiger partial charge in [-0.1, -0.05) is 36.3 Å². The molecule has 6 rings (SSSR count). The summed E-state index contributed by atoms with van der Waals surface area (Å²) in [7, 11) is -2.47. The van der Waals surface area contributed by atoms with Gasteiger partial charge in [-0.05, 0) is 67.6 Å². The van der Waals surface area contributed by atoms with Crippen LogP contribution in [0.1, 0.15) is 50.1 Å². The van der Waals surface area contributed by atoms with Crippen molar-refractivity contribution in [3.63, 3.8) is 0 Å². The summed E-state index contributed by atoms with van der Waals surface area (Å²) in [4.78, 5) is 21.6. The molecule has 2 heterocycles. The summed E-state index contributed by atoms with van der Waals surface area (Å²) in [6, 6.07) is 16.7. The van der Waals surface area contributed by atoms with Crippen LogP contribution < -0.4 is 15.5 Å². The molecule has 2 aliphatic carbocycles. The number of carbonyl (C=O) groups excluding carboxylic acids is 1. The van der Waals surface area contributed by atoms with Crippen LogP contribution in [0.2, 0.25) is 0 Å². The van der Waals surface area contributed by atoms with E-state index >= 15 is 0 Å². The van der Waals surface area contributed by atoms with E-state index in [0.29, 0.717) is 42.6 Å². The minimum atomic E-state index is -2.47. The summed E-state index contributed by atoms with van der Waals surface area (Å²) >= 11 is 1.51. The Morgan fingerprint density at radius 1 is 1.07 bits per heavy atom. The van der Waals surface area contributed by atoms with Crippen LogP contribution in [-0.2, 0) is 4.79 Å². The van der Waals surface area contributed by atoms with Crippen LogP contribution in [0.15, 0.2) is 48.5 Å². The van der Waals surface area contributed by atoms with Gasteiger partial charge in [0.25, 0.3) is 0 Å². The minimum absolute atomic E-state index is 0.0628. The summed E-state index contributed by atoms with van der Waals surface area (Å²) in [6.07, 6.45) is 4.95. The number of rotatable bonds is 7. The van der Waals surface area contributed by atoms with E-state index < -0.39 is 16.1 Å². The number of thiazole rings is 1. The highest BCUT2D eigenvalue weighted by molar-refractivity contribution is 8.24.